The topological polar surface area (TPSA) is 38.3 Å². The van der Waals surface area contributed by atoms with E-state index in [2.05, 4.69) is 5.32 Å². The summed E-state index contributed by atoms with van der Waals surface area (Å²) in [5.41, 5.74) is 0. The average molecular weight is 157 g/mol. The van der Waals surface area contributed by atoms with E-state index in [1.165, 1.54) is 0 Å². The molecule has 64 valence electrons. The van der Waals surface area contributed by atoms with Crippen molar-refractivity contribution in [3.63, 3.8) is 0 Å². The molecule has 1 saturated carbocycles. The van der Waals surface area contributed by atoms with Gasteiger partial charge < -0.3 is 10.1 Å². The first kappa shape index (κ1) is 8.53. The minimum atomic E-state index is 0.0407. The maximum Gasteiger partial charge on any atom is 0.217 e. The molecule has 0 aromatic rings. The van der Waals surface area contributed by atoms with Crippen molar-refractivity contribution in [1.29, 1.82) is 0 Å². The monoisotopic (exact) mass is 157 g/mol. The summed E-state index contributed by atoms with van der Waals surface area (Å²) in [5, 5.41) is 2.88. The normalized spacial score (nSPS) is 30.4. The highest BCUT2D eigenvalue weighted by molar-refractivity contribution is 5.73. The average Bonchev–Trinajstić information content (AvgIpc) is 2.34. The number of rotatable bonds is 2. The Bertz CT molecular complexity index is 147. The zero-order valence-corrected chi connectivity index (χ0v) is 7.09. The second kappa shape index (κ2) is 3.72. The molecule has 0 aromatic carbocycles. The Labute approximate surface area is 67.1 Å². The van der Waals surface area contributed by atoms with Gasteiger partial charge in [-0.2, -0.15) is 0 Å². The standard InChI is InChI=1S/C8H15NO2/c1-6(10)9-7-4-3-5-8(7)11-2/h7-8H,3-5H2,1-2H3,(H,9,10)/t7-,8-/m0/s1. The molecule has 3 heteroatoms. The van der Waals surface area contributed by atoms with Gasteiger partial charge in [-0.25, -0.2) is 0 Å². The van der Waals surface area contributed by atoms with Gasteiger partial charge in [-0.15, -0.1) is 0 Å². The van der Waals surface area contributed by atoms with Gasteiger partial charge in [0, 0.05) is 14.0 Å². The van der Waals surface area contributed by atoms with E-state index in [4.69, 9.17) is 4.74 Å². The van der Waals surface area contributed by atoms with E-state index in [9.17, 15) is 4.79 Å². The van der Waals surface area contributed by atoms with Crippen LogP contribution >= 0.6 is 0 Å². The Morgan fingerprint density at radius 1 is 1.55 bits per heavy atom. The van der Waals surface area contributed by atoms with Crippen molar-refractivity contribution in [1.82, 2.24) is 5.32 Å². The molecule has 11 heavy (non-hydrogen) atoms. The predicted molar refractivity (Wildman–Crippen MR) is 42.3 cm³/mol. The molecule has 2 atom stereocenters. The second-order valence-electron chi connectivity index (χ2n) is 3.01. The highest BCUT2D eigenvalue weighted by atomic mass is 16.5. The molecule has 3 nitrogen and oxygen atoms in total. The van der Waals surface area contributed by atoms with Gasteiger partial charge in [0.15, 0.2) is 0 Å². The highest BCUT2D eigenvalue weighted by Crippen LogP contribution is 2.21. The summed E-state index contributed by atoms with van der Waals surface area (Å²) < 4.78 is 5.21. The van der Waals surface area contributed by atoms with Gasteiger partial charge in [-0.3, -0.25) is 4.79 Å². The minimum Gasteiger partial charge on any atom is -0.379 e. The number of hydrogen-bond acceptors (Lipinski definition) is 2. The fourth-order valence-corrected chi connectivity index (χ4v) is 1.63. The molecule has 0 spiro atoms. The Kier molecular flexibility index (Phi) is 2.88. The molecule has 1 amide bonds. The number of carbonyl (C=O) groups is 1. The van der Waals surface area contributed by atoms with Crippen LogP contribution in [0.3, 0.4) is 0 Å². The van der Waals surface area contributed by atoms with Crippen molar-refractivity contribution in [3.05, 3.63) is 0 Å². The first-order valence-electron chi connectivity index (χ1n) is 4.04. The zero-order chi connectivity index (χ0) is 8.27. The lowest BCUT2D eigenvalue weighted by Crippen LogP contribution is -2.39. The van der Waals surface area contributed by atoms with Crippen LogP contribution in [0.25, 0.3) is 0 Å². The van der Waals surface area contributed by atoms with Crippen molar-refractivity contribution in [2.45, 2.75) is 38.3 Å². The van der Waals surface area contributed by atoms with Crippen LogP contribution in [0.4, 0.5) is 0 Å². The molecular weight excluding hydrogens is 142 g/mol. The van der Waals surface area contributed by atoms with Crippen molar-refractivity contribution >= 4 is 5.91 Å². The second-order valence-corrected chi connectivity index (χ2v) is 3.01. The van der Waals surface area contributed by atoms with Gasteiger partial charge in [0.2, 0.25) is 5.91 Å². The van der Waals surface area contributed by atoms with Crippen molar-refractivity contribution in [2.24, 2.45) is 0 Å². The largest absolute Gasteiger partial charge is 0.379 e. The van der Waals surface area contributed by atoms with E-state index in [-0.39, 0.29) is 18.1 Å². The van der Waals surface area contributed by atoms with Crippen LogP contribution < -0.4 is 5.32 Å². The molecule has 0 heterocycles. The predicted octanol–water partition coefficient (Wildman–Crippen LogP) is 0.690. The summed E-state index contributed by atoms with van der Waals surface area (Å²) >= 11 is 0. The van der Waals surface area contributed by atoms with Crippen LogP contribution in [-0.4, -0.2) is 25.2 Å². The van der Waals surface area contributed by atoms with Gasteiger partial charge in [0.25, 0.3) is 0 Å². The summed E-state index contributed by atoms with van der Waals surface area (Å²) in [5.74, 6) is 0.0407. The fourth-order valence-electron chi connectivity index (χ4n) is 1.63. The Morgan fingerprint density at radius 2 is 2.27 bits per heavy atom. The minimum absolute atomic E-state index is 0.0407. The van der Waals surface area contributed by atoms with E-state index in [0.29, 0.717) is 0 Å². The maximum atomic E-state index is 10.7. The Hall–Kier alpha value is -0.570. The molecule has 1 fully saturated rings. The van der Waals surface area contributed by atoms with Crippen LogP contribution in [0.1, 0.15) is 26.2 Å². The van der Waals surface area contributed by atoms with Gasteiger partial charge in [-0.1, -0.05) is 0 Å². The van der Waals surface area contributed by atoms with Gasteiger partial charge >= 0.3 is 0 Å². The van der Waals surface area contributed by atoms with Crippen LogP contribution in [0.2, 0.25) is 0 Å². The maximum absolute atomic E-state index is 10.7. The molecular formula is C8H15NO2. The van der Waals surface area contributed by atoms with Crippen LogP contribution in [0.15, 0.2) is 0 Å². The summed E-state index contributed by atoms with van der Waals surface area (Å²) in [6, 6.07) is 0.248. The van der Waals surface area contributed by atoms with E-state index < -0.39 is 0 Å². The summed E-state index contributed by atoms with van der Waals surface area (Å²) in [4.78, 5) is 10.7. The van der Waals surface area contributed by atoms with E-state index in [0.717, 1.165) is 19.3 Å². The molecule has 0 radical (unpaired) electrons. The lowest BCUT2D eigenvalue weighted by atomic mass is 10.2. The molecule has 0 aliphatic heterocycles. The Morgan fingerprint density at radius 3 is 2.82 bits per heavy atom. The third-order valence-corrected chi connectivity index (χ3v) is 2.14. The highest BCUT2D eigenvalue weighted by Gasteiger charge is 2.27. The summed E-state index contributed by atoms with van der Waals surface area (Å²) in [7, 11) is 1.70. The number of nitrogens with one attached hydrogen (secondary N) is 1. The molecule has 0 bridgehead atoms. The molecule has 1 N–H and O–H groups in total. The number of methoxy groups -OCH3 is 1. The van der Waals surface area contributed by atoms with E-state index in [1.54, 1.807) is 14.0 Å². The molecule has 0 aromatic heterocycles. The first-order valence-corrected chi connectivity index (χ1v) is 4.04. The van der Waals surface area contributed by atoms with E-state index in [1.807, 2.05) is 0 Å². The van der Waals surface area contributed by atoms with Gasteiger partial charge in [-0.05, 0) is 19.3 Å². The van der Waals surface area contributed by atoms with Gasteiger partial charge in [0.05, 0.1) is 12.1 Å². The molecule has 1 rings (SSSR count). The molecule has 0 saturated heterocycles. The summed E-state index contributed by atoms with van der Waals surface area (Å²) in [6.45, 7) is 1.55. The molecule has 1 aliphatic carbocycles. The lowest BCUT2D eigenvalue weighted by Gasteiger charge is -2.18. The lowest BCUT2D eigenvalue weighted by molar-refractivity contribution is -0.120. The van der Waals surface area contributed by atoms with Crippen molar-refractivity contribution in [3.8, 4) is 0 Å². The third-order valence-electron chi connectivity index (χ3n) is 2.14. The smallest absolute Gasteiger partial charge is 0.217 e. The van der Waals surface area contributed by atoms with Crippen LogP contribution in [0, 0.1) is 0 Å². The SMILES string of the molecule is CO[C@H]1CCC[C@@H]1NC(C)=O. The fraction of sp³-hybridized carbons (Fsp3) is 0.875. The third kappa shape index (κ3) is 2.19. The van der Waals surface area contributed by atoms with Crippen LogP contribution in [-0.2, 0) is 9.53 Å². The van der Waals surface area contributed by atoms with Crippen molar-refractivity contribution < 1.29 is 9.53 Å². The van der Waals surface area contributed by atoms with Crippen molar-refractivity contribution in [2.75, 3.05) is 7.11 Å². The summed E-state index contributed by atoms with van der Waals surface area (Å²) in [6.07, 6.45) is 3.52. The number of ether oxygens (including phenoxy) is 1. The molecule has 1 aliphatic rings. The number of hydrogen-bond donors (Lipinski definition) is 1. The van der Waals surface area contributed by atoms with Gasteiger partial charge in [0.1, 0.15) is 0 Å². The molecule has 0 unspecified atom stereocenters. The zero-order valence-electron chi connectivity index (χ0n) is 7.09. The quantitative estimate of drug-likeness (QED) is 0.640. The van der Waals surface area contributed by atoms with Crippen LogP contribution in [0.5, 0.6) is 0 Å². The first-order chi connectivity index (χ1) is 5.24. The number of amides is 1. The Balaban J connectivity index is 2.37. The number of carbonyl (C=O) groups excluding carboxylic acids is 1. The van der Waals surface area contributed by atoms with E-state index >= 15 is 0 Å².